The van der Waals surface area contributed by atoms with Crippen LogP contribution in [0.3, 0.4) is 0 Å². The van der Waals surface area contributed by atoms with Crippen molar-refractivity contribution in [3.05, 3.63) is 20.8 Å². The van der Waals surface area contributed by atoms with Crippen molar-refractivity contribution in [1.29, 1.82) is 0 Å². The highest BCUT2D eigenvalue weighted by Gasteiger charge is 2.23. The standard InChI is InChI=1S/C10H14BrNS.ClH/c11-9-6-5-8(13-9)10(12)7-3-1-2-4-7;/h5-7,10H,1-4,12H2;1H/t10-;/m1./s1. The molecule has 0 spiro atoms. The summed E-state index contributed by atoms with van der Waals surface area (Å²) in [6, 6.07) is 4.52. The van der Waals surface area contributed by atoms with Crippen LogP contribution in [-0.2, 0) is 0 Å². The second-order valence-electron chi connectivity index (χ2n) is 3.71. The Kier molecular flexibility index (Phi) is 4.91. The Hall–Kier alpha value is 0.430. The minimum atomic E-state index is 0. The average Bonchev–Trinajstić information content (AvgIpc) is 2.72. The van der Waals surface area contributed by atoms with Crippen molar-refractivity contribution in [1.82, 2.24) is 0 Å². The van der Waals surface area contributed by atoms with Gasteiger partial charge in [0.1, 0.15) is 0 Å². The van der Waals surface area contributed by atoms with Crippen molar-refractivity contribution in [3.63, 3.8) is 0 Å². The monoisotopic (exact) mass is 295 g/mol. The number of nitrogens with two attached hydrogens (primary N) is 1. The molecule has 1 saturated carbocycles. The summed E-state index contributed by atoms with van der Waals surface area (Å²) in [7, 11) is 0. The fourth-order valence-corrected chi connectivity index (χ4v) is 3.58. The van der Waals surface area contributed by atoms with Gasteiger partial charge in [-0.3, -0.25) is 0 Å². The Morgan fingerprint density at radius 2 is 2.00 bits per heavy atom. The zero-order valence-corrected chi connectivity index (χ0v) is 11.1. The van der Waals surface area contributed by atoms with Crippen LogP contribution in [0.5, 0.6) is 0 Å². The maximum atomic E-state index is 6.20. The van der Waals surface area contributed by atoms with Crippen LogP contribution in [0.1, 0.15) is 36.6 Å². The molecule has 1 heterocycles. The fraction of sp³-hybridized carbons (Fsp3) is 0.600. The van der Waals surface area contributed by atoms with E-state index in [9.17, 15) is 0 Å². The molecule has 1 aliphatic carbocycles. The van der Waals surface area contributed by atoms with Crippen LogP contribution in [0.15, 0.2) is 15.9 Å². The van der Waals surface area contributed by atoms with Crippen LogP contribution in [0.2, 0.25) is 0 Å². The molecular weight excluding hydrogens is 282 g/mol. The molecule has 2 N–H and O–H groups in total. The van der Waals surface area contributed by atoms with Crippen molar-refractivity contribution in [3.8, 4) is 0 Å². The van der Waals surface area contributed by atoms with Crippen LogP contribution in [0, 0.1) is 5.92 Å². The predicted octanol–water partition coefficient (Wildman–Crippen LogP) is 4.12. The largest absolute Gasteiger partial charge is 0.323 e. The summed E-state index contributed by atoms with van der Waals surface area (Å²) in [5, 5.41) is 0. The second kappa shape index (κ2) is 5.50. The van der Waals surface area contributed by atoms with Crippen LogP contribution in [0.25, 0.3) is 0 Å². The van der Waals surface area contributed by atoms with E-state index in [1.54, 1.807) is 11.3 Å². The van der Waals surface area contributed by atoms with Gasteiger partial charge in [-0.25, -0.2) is 0 Å². The zero-order chi connectivity index (χ0) is 9.26. The zero-order valence-electron chi connectivity index (χ0n) is 7.91. The molecule has 14 heavy (non-hydrogen) atoms. The molecule has 1 atom stereocenters. The number of hydrogen-bond donors (Lipinski definition) is 1. The SMILES string of the molecule is Cl.N[C@@H](c1ccc(Br)s1)C1CCCC1. The van der Waals surface area contributed by atoms with E-state index in [2.05, 4.69) is 28.1 Å². The molecule has 0 saturated heterocycles. The first-order chi connectivity index (χ1) is 6.27. The maximum Gasteiger partial charge on any atom is 0.0701 e. The van der Waals surface area contributed by atoms with Gasteiger partial charge in [-0.2, -0.15) is 0 Å². The third-order valence-corrected chi connectivity index (χ3v) is 4.56. The molecular formula is C10H15BrClNS. The maximum absolute atomic E-state index is 6.20. The molecule has 0 bridgehead atoms. The summed E-state index contributed by atoms with van der Waals surface area (Å²) in [6.45, 7) is 0. The van der Waals surface area contributed by atoms with Gasteiger partial charge in [0, 0.05) is 10.9 Å². The highest BCUT2D eigenvalue weighted by atomic mass is 79.9. The van der Waals surface area contributed by atoms with Crippen LogP contribution in [0.4, 0.5) is 0 Å². The van der Waals surface area contributed by atoms with Gasteiger partial charge >= 0.3 is 0 Å². The summed E-state index contributed by atoms with van der Waals surface area (Å²) in [6.07, 6.45) is 5.36. The molecule has 1 nitrogen and oxygen atoms in total. The first kappa shape index (κ1) is 12.5. The van der Waals surface area contributed by atoms with Gasteiger partial charge < -0.3 is 5.73 Å². The first-order valence-electron chi connectivity index (χ1n) is 4.78. The molecule has 1 fully saturated rings. The van der Waals surface area contributed by atoms with Crippen molar-refractivity contribution in [2.24, 2.45) is 11.7 Å². The lowest BCUT2D eigenvalue weighted by Crippen LogP contribution is -2.17. The van der Waals surface area contributed by atoms with Crippen molar-refractivity contribution in [2.75, 3.05) is 0 Å². The normalized spacial score (nSPS) is 19.3. The van der Waals surface area contributed by atoms with Crippen LogP contribution < -0.4 is 5.73 Å². The van der Waals surface area contributed by atoms with Gasteiger partial charge in [0.2, 0.25) is 0 Å². The van der Waals surface area contributed by atoms with Gasteiger partial charge in [0.05, 0.1) is 3.79 Å². The lowest BCUT2D eigenvalue weighted by molar-refractivity contribution is 0.450. The van der Waals surface area contributed by atoms with E-state index in [4.69, 9.17) is 5.73 Å². The summed E-state index contributed by atoms with van der Waals surface area (Å²) in [4.78, 5) is 1.33. The second-order valence-corrected chi connectivity index (χ2v) is 6.21. The fourth-order valence-electron chi connectivity index (χ4n) is 2.06. The van der Waals surface area contributed by atoms with E-state index in [-0.39, 0.29) is 18.4 Å². The predicted molar refractivity (Wildman–Crippen MR) is 68.2 cm³/mol. The van der Waals surface area contributed by atoms with Gasteiger partial charge in [0.25, 0.3) is 0 Å². The molecule has 80 valence electrons. The Morgan fingerprint density at radius 1 is 1.36 bits per heavy atom. The van der Waals surface area contributed by atoms with Crippen molar-refractivity contribution < 1.29 is 0 Å². The molecule has 1 aromatic rings. The third kappa shape index (κ3) is 2.72. The van der Waals surface area contributed by atoms with Gasteiger partial charge in [0.15, 0.2) is 0 Å². The van der Waals surface area contributed by atoms with Crippen molar-refractivity contribution >= 4 is 39.7 Å². The number of thiophene rings is 1. The molecule has 0 unspecified atom stereocenters. The van der Waals surface area contributed by atoms with E-state index in [1.165, 1.54) is 34.3 Å². The smallest absolute Gasteiger partial charge is 0.0701 e. The number of halogens is 2. The Bertz CT molecular complexity index is 283. The number of rotatable bonds is 2. The summed E-state index contributed by atoms with van der Waals surface area (Å²) in [5.41, 5.74) is 6.20. The molecule has 1 aliphatic rings. The van der Waals surface area contributed by atoms with Crippen LogP contribution in [-0.4, -0.2) is 0 Å². The van der Waals surface area contributed by atoms with Gasteiger partial charge in [-0.15, -0.1) is 23.7 Å². The molecule has 0 aliphatic heterocycles. The highest BCUT2D eigenvalue weighted by molar-refractivity contribution is 9.11. The minimum Gasteiger partial charge on any atom is -0.323 e. The van der Waals surface area contributed by atoms with Crippen LogP contribution >= 0.6 is 39.7 Å². The Morgan fingerprint density at radius 3 is 2.50 bits per heavy atom. The Balaban J connectivity index is 0.000000980. The first-order valence-corrected chi connectivity index (χ1v) is 6.39. The van der Waals surface area contributed by atoms with E-state index >= 15 is 0 Å². The van der Waals surface area contributed by atoms with Gasteiger partial charge in [-0.1, -0.05) is 12.8 Å². The molecule has 4 heteroatoms. The van der Waals surface area contributed by atoms with E-state index in [0.717, 1.165) is 5.92 Å². The van der Waals surface area contributed by atoms with Crippen molar-refractivity contribution in [2.45, 2.75) is 31.7 Å². The Labute approximate surface area is 104 Å². The summed E-state index contributed by atoms with van der Waals surface area (Å²) >= 11 is 5.25. The summed E-state index contributed by atoms with van der Waals surface area (Å²) in [5.74, 6) is 0.727. The molecule has 0 amide bonds. The molecule has 2 rings (SSSR count). The molecule has 0 radical (unpaired) electrons. The van der Waals surface area contributed by atoms with Gasteiger partial charge in [-0.05, 0) is 46.8 Å². The molecule has 0 aromatic carbocycles. The van der Waals surface area contributed by atoms with E-state index in [1.807, 2.05) is 0 Å². The lowest BCUT2D eigenvalue weighted by Gasteiger charge is -2.16. The highest BCUT2D eigenvalue weighted by Crippen LogP contribution is 2.37. The van der Waals surface area contributed by atoms with E-state index < -0.39 is 0 Å². The van der Waals surface area contributed by atoms with E-state index in [0.29, 0.717) is 0 Å². The lowest BCUT2D eigenvalue weighted by atomic mass is 9.98. The summed E-state index contributed by atoms with van der Waals surface area (Å²) < 4.78 is 1.19. The quantitative estimate of drug-likeness (QED) is 0.873. The topological polar surface area (TPSA) is 26.0 Å². The minimum absolute atomic E-state index is 0. The molecule has 1 aromatic heterocycles. The number of hydrogen-bond acceptors (Lipinski definition) is 2. The average molecular weight is 297 g/mol. The third-order valence-electron chi connectivity index (χ3n) is 2.83.